The summed E-state index contributed by atoms with van der Waals surface area (Å²) >= 11 is 0. The molecule has 0 bridgehead atoms. The number of nitrogen functional groups attached to an aromatic ring is 1. The predicted octanol–water partition coefficient (Wildman–Crippen LogP) is 2.51. The monoisotopic (exact) mass is 209 g/mol. The fourth-order valence-corrected chi connectivity index (χ4v) is 1.64. The molecule has 0 aliphatic heterocycles. The third-order valence-corrected chi connectivity index (χ3v) is 2.50. The second-order valence-electron chi connectivity index (χ2n) is 3.95. The normalized spacial score (nSPS) is 12.7. The van der Waals surface area contributed by atoms with Gasteiger partial charge in [0.1, 0.15) is 5.75 Å². The van der Waals surface area contributed by atoms with E-state index in [0.29, 0.717) is 17.7 Å². The number of benzene rings is 1. The third kappa shape index (κ3) is 2.86. The molecular weight excluding hydrogens is 190 g/mol. The van der Waals surface area contributed by atoms with Crippen molar-refractivity contribution in [1.29, 1.82) is 0 Å². The molecule has 4 N–H and O–H groups in total. The van der Waals surface area contributed by atoms with Gasteiger partial charge >= 0.3 is 0 Å². The van der Waals surface area contributed by atoms with E-state index in [9.17, 15) is 10.2 Å². The van der Waals surface area contributed by atoms with Crippen molar-refractivity contribution < 1.29 is 10.2 Å². The van der Waals surface area contributed by atoms with Crippen LogP contribution in [0.5, 0.6) is 5.75 Å². The first-order valence-electron chi connectivity index (χ1n) is 5.33. The summed E-state index contributed by atoms with van der Waals surface area (Å²) in [5.74, 6) is 0.0178. The standard InChI is InChI=1S/C12H19NO2/c1-3-4-5-11(14)9-6-8(2)7-10(13)12(9)15/h6-7,11,14-15H,3-5,13H2,1-2H3. The van der Waals surface area contributed by atoms with Crippen LogP contribution in [0.2, 0.25) is 0 Å². The number of aliphatic hydroxyl groups excluding tert-OH is 1. The van der Waals surface area contributed by atoms with Gasteiger partial charge in [-0.1, -0.05) is 19.8 Å². The van der Waals surface area contributed by atoms with E-state index in [4.69, 9.17) is 5.73 Å². The SMILES string of the molecule is CCCCC(O)c1cc(C)cc(N)c1O. The molecule has 3 heteroatoms. The average molecular weight is 209 g/mol. The number of phenolic OH excluding ortho intramolecular Hbond substituents is 1. The van der Waals surface area contributed by atoms with Crippen LogP contribution < -0.4 is 5.73 Å². The van der Waals surface area contributed by atoms with Gasteiger partial charge in [-0.3, -0.25) is 0 Å². The molecular formula is C12H19NO2. The molecule has 1 rings (SSSR count). The molecule has 1 aromatic rings. The first-order valence-corrected chi connectivity index (χ1v) is 5.33. The lowest BCUT2D eigenvalue weighted by atomic mass is 10.00. The number of unbranched alkanes of at least 4 members (excludes halogenated alkanes) is 1. The summed E-state index contributed by atoms with van der Waals surface area (Å²) in [4.78, 5) is 0. The van der Waals surface area contributed by atoms with E-state index in [-0.39, 0.29) is 5.75 Å². The van der Waals surface area contributed by atoms with Crippen molar-refractivity contribution in [1.82, 2.24) is 0 Å². The molecule has 84 valence electrons. The van der Waals surface area contributed by atoms with Gasteiger partial charge in [0.2, 0.25) is 0 Å². The van der Waals surface area contributed by atoms with Gasteiger partial charge in [0.15, 0.2) is 0 Å². The second-order valence-corrected chi connectivity index (χ2v) is 3.95. The van der Waals surface area contributed by atoms with Crippen LogP contribution in [0.3, 0.4) is 0 Å². The van der Waals surface area contributed by atoms with Crippen LogP contribution in [-0.2, 0) is 0 Å². The zero-order valence-electron chi connectivity index (χ0n) is 9.33. The first kappa shape index (κ1) is 11.9. The van der Waals surface area contributed by atoms with Gasteiger partial charge in [0, 0.05) is 5.56 Å². The molecule has 0 aromatic heterocycles. The third-order valence-electron chi connectivity index (χ3n) is 2.50. The molecule has 0 radical (unpaired) electrons. The molecule has 0 heterocycles. The van der Waals surface area contributed by atoms with E-state index in [2.05, 4.69) is 6.92 Å². The summed E-state index contributed by atoms with van der Waals surface area (Å²) in [6.07, 6.45) is 2.01. The largest absolute Gasteiger partial charge is 0.505 e. The van der Waals surface area contributed by atoms with Gasteiger partial charge in [-0.25, -0.2) is 0 Å². The van der Waals surface area contributed by atoms with Crippen molar-refractivity contribution in [2.24, 2.45) is 0 Å². The summed E-state index contributed by atoms with van der Waals surface area (Å²) < 4.78 is 0. The van der Waals surface area contributed by atoms with Crippen LogP contribution in [0.4, 0.5) is 5.69 Å². The molecule has 0 aliphatic rings. The van der Waals surface area contributed by atoms with Crippen LogP contribution in [0.25, 0.3) is 0 Å². The summed E-state index contributed by atoms with van der Waals surface area (Å²) in [6, 6.07) is 3.48. The minimum Gasteiger partial charge on any atom is -0.505 e. The van der Waals surface area contributed by atoms with Gasteiger partial charge in [-0.15, -0.1) is 0 Å². The Labute approximate surface area is 90.5 Å². The number of hydrogen-bond acceptors (Lipinski definition) is 3. The number of hydrogen-bond donors (Lipinski definition) is 3. The van der Waals surface area contributed by atoms with Crippen molar-refractivity contribution in [2.45, 2.75) is 39.2 Å². The van der Waals surface area contributed by atoms with E-state index in [1.165, 1.54) is 0 Å². The lowest BCUT2D eigenvalue weighted by molar-refractivity contribution is 0.160. The molecule has 1 unspecified atom stereocenters. The highest BCUT2D eigenvalue weighted by molar-refractivity contribution is 5.58. The summed E-state index contributed by atoms with van der Waals surface area (Å²) in [5.41, 5.74) is 7.46. The Kier molecular flexibility index (Phi) is 3.97. The summed E-state index contributed by atoms with van der Waals surface area (Å²) in [7, 11) is 0. The highest BCUT2D eigenvalue weighted by Crippen LogP contribution is 2.33. The van der Waals surface area contributed by atoms with Crippen LogP contribution in [0.1, 0.15) is 43.4 Å². The Hall–Kier alpha value is -1.22. The number of aromatic hydroxyl groups is 1. The number of nitrogens with two attached hydrogens (primary N) is 1. The van der Waals surface area contributed by atoms with E-state index >= 15 is 0 Å². The summed E-state index contributed by atoms with van der Waals surface area (Å²) in [5, 5.41) is 19.6. The number of aryl methyl sites for hydroxylation is 1. The summed E-state index contributed by atoms with van der Waals surface area (Å²) in [6.45, 7) is 3.96. The number of aliphatic hydroxyl groups is 1. The molecule has 0 aliphatic carbocycles. The number of phenols is 1. The molecule has 0 fully saturated rings. The van der Waals surface area contributed by atoms with Crippen molar-refractivity contribution >= 4 is 5.69 Å². The fourth-order valence-electron chi connectivity index (χ4n) is 1.64. The predicted molar refractivity (Wildman–Crippen MR) is 61.7 cm³/mol. The zero-order chi connectivity index (χ0) is 11.4. The zero-order valence-corrected chi connectivity index (χ0v) is 9.33. The van der Waals surface area contributed by atoms with Gasteiger partial charge in [-0.2, -0.15) is 0 Å². The Balaban J connectivity index is 2.92. The molecule has 0 saturated heterocycles. The van der Waals surface area contributed by atoms with E-state index < -0.39 is 6.10 Å². The smallest absolute Gasteiger partial charge is 0.144 e. The van der Waals surface area contributed by atoms with E-state index in [0.717, 1.165) is 18.4 Å². The maximum atomic E-state index is 9.87. The van der Waals surface area contributed by atoms with Crippen molar-refractivity contribution in [3.8, 4) is 5.75 Å². The van der Waals surface area contributed by atoms with E-state index in [1.54, 1.807) is 12.1 Å². The van der Waals surface area contributed by atoms with Crippen molar-refractivity contribution in [3.05, 3.63) is 23.3 Å². The number of anilines is 1. The van der Waals surface area contributed by atoms with Crippen molar-refractivity contribution in [2.75, 3.05) is 5.73 Å². The molecule has 1 atom stereocenters. The highest BCUT2D eigenvalue weighted by atomic mass is 16.3. The first-order chi connectivity index (χ1) is 7.06. The average Bonchev–Trinajstić information content (AvgIpc) is 2.19. The van der Waals surface area contributed by atoms with Crippen LogP contribution >= 0.6 is 0 Å². The molecule has 0 saturated carbocycles. The minimum absolute atomic E-state index is 0.0178. The quantitative estimate of drug-likeness (QED) is 0.527. The van der Waals surface area contributed by atoms with E-state index in [1.807, 2.05) is 6.92 Å². The van der Waals surface area contributed by atoms with Gasteiger partial charge in [0.05, 0.1) is 11.8 Å². The van der Waals surface area contributed by atoms with Gasteiger partial charge in [-0.05, 0) is 31.0 Å². The Bertz CT molecular complexity index is 337. The van der Waals surface area contributed by atoms with Crippen molar-refractivity contribution in [3.63, 3.8) is 0 Å². The molecule has 15 heavy (non-hydrogen) atoms. The maximum absolute atomic E-state index is 9.87. The lowest BCUT2D eigenvalue weighted by Gasteiger charge is -2.14. The van der Waals surface area contributed by atoms with Crippen LogP contribution in [-0.4, -0.2) is 10.2 Å². The highest BCUT2D eigenvalue weighted by Gasteiger charge is 2.14. The van der Waals surface area contributed by atoms with Gasteiger partial charge < -0.3 is 15.9 Å². The second kappa shape index (κ2) is 5.03. The molecule has 3 nitrogen and oxygen atoms in total. The van der Waals surface area contributed by atoms with Gasteiger partial charge in [0.25, 0.3) is 0 Å². The molecule has 0 amide bonds. The maximum Gasteiger partial charge on any atom is 0.144 e. The number of rotatable bonds is 4. The Morgan fingerprint density at radius 3 is 2.67 bits per heavy atom. The Morgan fingerprint density at radius 2 is 2.07 bits per heavy atom. The molecule has 1 aromatic carbocycles. The van der Waals surface area contributed by atoms with Crippen LogP contribution in [0, 0.1) is 6.92 Å². The topological polar surface area (TPSA) is 66.5 Å². The minimum atomic E-state index is -0.618. The fraction of sp³-hybridized carbons (Fsp3) is 0.500. The van der Waals surface area contributed by atoms with Crippen LogP contribution in [0.15, 0.2) is 12.1 Å². The molecule has 0 spiro atoms. The Morgan fingerprint density at radius 1 is 1.40 bits per heavy atom. The lowest BCUT2D eigenvalue weighted by Crippen LogP contribution is -2.00.